The van der Waals surface area contributed by atoms with E-state index in [0.29, 0.717) is 6.61 Å². The van der Waals surface area contributed by atoms with Crippen molar-refractivity contribution >= 4 is 22.6 Å². The van der Waals surface area contributed by atoms with Crippen LogP contribution in [-0.4, -0.2) is 24.2 Å². The van der Waals surface area contributed by atoms with Gasteiger partial charge in [0.25, 0.3) is 0 Å². The highest BCUT2D eigenvalue weighted by molar-refractivity contribution is 8.13. The number of aliphatic imine (C=N–C) groups is 1. The molecule has 3 N–H and O–H groups in total. The number of anilines is 1. The highest BCUT2D eigenvalue weighted by atomic mass is 32.2. The molecule has 2 atom stereocenters. The molecule has 0 spiro atoms. The predicted molar refractivity (Wildman–Crippen MR) is 111 cm³/mol. The van der Waals surface area contributed by atoms with Gasteiger partial charge >= 0.3 is 0 Å². The molecular formula is C20H26N4OS. The lowest BCUT2D eigenvalue weighted by Crippen LogP contribution is -2.30. The van der Waals surface area contributed by atoms with Crippen LogP contribution in [0.2, 0.25) is 0 Å². The van der Waals surface area contributed by atoms with Crippen LogP contribution < -0.4 is 20.9 Å². The summed E-state index contributed by atoms with van der Waals surface area (Å²) in [6.07, 6.45) is 2.97. The first kappa shape index (κ1) is 18.8. The number of hydrazine groups is 1. The van der Waals surface area contributed by atoms with Crippen LogP contribution >= 0.6 is 11.8 Å². The minimum absolute atomic E-state index is 0.0329. The fourth-order valence-electron chi connectivity index (χ4n) is 2.91. The summed E-state index contributed by atoms with van der Waals surface area (Å²) < 4.78 is 5.51. The van der Waals surface area contributed by atoms with Crippen LogP contribution in [0.25, 0.3) is 0 Å². The number of nitrogens with zero attached hydrogens (tertiary/aromatic N) is 1. The maximum Gasteiger partial charge on any atom is 0.162 e. The van der Waals surface area contributed by atoms with Crippen molar-refractivity contribution in [3.8, 4) is 5.75 Å². The van der Waals surface area contributed by atoms with E-state index in [0.717, 1.165) is 23.0 Å². The summed E-state index contributed by atoms with van der Waals surface area (Å²) in [7, 11) is 0. The van der Waals surface area contributed by atoms with E-state index >= 15 is 0 Å². The zero-order valence-corrected chi connectivity index (χ0v) is 16.3. The molecule has 5 nitrogen and oxygen atoms in total. The fourth-order valence-corrected chi connectivity index (χ4v) is 3.36. The van der Waals surface area contributed by atoms with Crippen molar-refractivity contribution in [1.82, 2.24) is 10.9 Å². The monoisotopic (exact) mass is 370 g/mol. The van der Waals surface area contributed by atoms with Crippen molar-refractivity contribution in [2.75, 3.05) is 18.2 Å². The summed E-state index contributed by atoms with van der Waals surface area (Å²) >= 11 is 1.62. The van der Waals surface area contributed by atoms with E-state index in [1.807, 2.05) is 37.4 Å². The van der Waals surface area contributed by atoms with Crippen molar-refractivity contribution < 1.29 is 4.74 Å². The summed E-state index contributed by atoms with van der Waals surface area (Å²) in [4.78, 5) is 4.82. The Balaban J connectivity index is 1.63. The summed E-state index contributed by atoms with van der Waals surface area (Å²) in [5, 5.41) is 4.34. The smallest absolute Gasteiger partial charge is 0.162 e. The third kappa shape index (κ3) is 4.78. The van der Waals surface area contributed by atoms with Gasteiger partial charge in [0.15, 0.2) is 5.17 Å². The molecule has 3 rings (SSSR count). The average molecular weight is 371 g/mol. The number of rotatable bonds is 5. The lowest BCUT2D eigenvalue weighted by molar-refractivity contribution is 0.340. The van der Waals surface area contributed by atoms with E-state index in [2.05, 4.69) is 47.4 Å². The minimum atomic E-state index is 0.0329. The zero-order chi connectivity index (χ0) is 18.4. The second-order valence-corrected chi connectivity index (χ2v) is 6.97. The molecular weight excluding hydrogens is 344 g/mol. The number of hydrogen-bond acceptors (Lipinski definition) is 5. The van der Waals surface area contributed by atoms with Gasteiger partial charge in [0.05, 0.1) is 6.61 Å². The second kappa shape index (κ2) is 9.07. The molecule has 0 radical (unpaired) electrons. The normalized spacial score (nSPS) is 20.2. The predicted octanol–water partition coefficient (Wildman–Crippen LogP) is 4.09. The largest absolute Gasteiger partial charge is 0.494 e. The van der Waals surface area contributed by atoms with E-state index < -0.39 is 0 Å². The van der Waals surface area contributed by atoms with Gasteiger partial charge in [-0.2, -0.15) is 0 Å². The third-order valence-corrected chi connectivity index (χ3v) is 4.92. The van der Waals surface area contributed by atoms with Crippen LogP contribution in [0, 0.1) is 6.92 Å². The van der Waals surface area contributed by atoms with E-state index in [1.165, 1.54) is 11.1 Å². The molecule has 1 aliphatic heterocycles. The molecule has 0 aromatic heterocycles. The molecule has 1 heterocycles. The summed E-state index contributed by atoms with van der Waals surface area (Å²) in [6.45, 7) is 4.77. The van der Waals surface area contributed by atoms with Gasteiger partial charge in [-0.25, -0.2) is 15.8 Å². The number of hydrogen-bond donors (Lipinski definition) is 3. The van der Waals surface area contributed by atoms with Crippen LogP contribution in [0.1, 0.15) is 30.5 Å². The highest BCUT2D eigenvalue weighted by Crippen LogP contribution is 2.25. The SMILES string of the molecule is CCOc1ccc(C2CC(/N=C(/Nc3ccccc3C)SC)NN2)cc1. The van der Waals surface area contributed by atoms with Gasteiger partial charge in [0.2, 0.25) is 0 Å². The molecule has 2 unspecified atom stereocenters. The van der Waals surface area contributed by atoms with Crippen molar-refractivity contribution in [3.63, 3.8) is 0 Å². The molecule has 138 valence electrons. The molecule has 0 aliphatic carbocycles. The Bertz CT molecular complexity index is 748. The van der Waals surface area contributed by atoms with Crippen molar-refractivity contribution in [1.29, 1.82) is 0 Å². The number of para-hydroxylation sites is 1. The third-order valence-electron chi connectivity index (χ3n) is 4.33. The molecule has 0 saturated carbocycles. The number of thioether (sulfide) groups is 1. The van der Waals surface area contributed by atoms with Gasteiger partial charge in [-0.1, -0.05) is 42.1 Å². The number of nitrogens with one attached hydrogen (secondary N) is 3. The molecule has 2 aromatic carbocycles. The molecule has 0 amide bonds. The Morgan fingerprint density at radius 1 is 1.19 bits per heavy atom. The van der Waals surface area contributed by atoms with Crippen LogP contribution in [0.3, 0.4) is 0 Å². The van der Waals surface area contributed by atoms with Crippen LogP contribution in [-0.2, 0) is 0 Å². The number of aryl methyl sites for hydroxylation is 1. The maximum absolute atomic E-state index is 5.51. The molecule has 0 bridgehead atoms. The summed E-state index contributed by atoms with van der Waals surface area (Å²) in [5.41, 5.74) is 10.2. The fraction of sp³-hybridized carbons (Fsp3) is 0.350. The maximum atomic E-state index is 5.51. The van der Waals surface area contributed by atoms with E-state index in [-0.39, 0.29) is 12.2 Å². The van der Waals surface area contributed by atoms with E-state index in [1.54, 1.807) is 11.8 Å². The van der Waals surface area contributed by atoms with Crippen molar-refractivity contribution in [2.24, 2.45) is 4.99 Å². The van der Waals surface area contributed by atoms with Crippen LogP contribution in [0.4, 0.5) is 5.69 Å². The number of amidine groups is 1. The minimum Gasteiger partial charge on any atom is -0.494 e. The van der Waals surface area contributed by atoms with Crippen molar-refractivity contribution in [2.45, 2.75) is 32.5 Å². The van der Waals surface area contributed by atoms with Crippen molar-refractivity contribution in [3.05, 3.63) is 59.7 Å². The quantitative estimate of drug-likeness (QED) is 0.547. The second-order valence-electron chi connectivity index (χ2n) is 6.17. The molecule has 2 aromatic rings. The van der Waals surface area contributed by atoms with Gasteiger partial charge < -0.3 is 10.1 Å². The Morgan fingerprint density at radius 2 is 1.96 bits per heavy atom. The molecule has 6 heteroatoms. The van der Waals surface area contributed by atoms with E-state index in [4.69, 9.17) is 9.73 Å². The number of benzene rings is 2. The molecule has 1 saturated heterocycles. The summed E-state index contributed by atoms with van der Waals surface area (Å²) in [6, 6.07) is 16.7. The Kier molecular flexibility index (Phi) is 6.55. The first-order chi connectivity index (χ1) is 12.7. The zero-order valence-electron chi connectivity index (χ0n) is 15.5. The number of ether oxygens (including phenoxy) is 1. The standard InChI is InChI=1S/C20H26N4OS/c1-4-25-16-11-9-15(10-12-16)18-13-19(24-23-18)22-20(26-3)21-17-8-6-5-7-14(17)2/h5-12,18-19,23-24H,4,13H2,1-3H3,(H,21,22). The van der Waals surface area contributed by atoms with Gasteiger partial charge in [0, 0.05) is 18.2 Å². The molecule has 26 heavy (non-hydrogen) atoms. The first-order valence-corrected chi connectivity index (χ1v) is 10.1. The lowest BCUT2D eigenvalue weighted by atomic mass is 10.0. The van der Waals surface area contributed by atoms with Gasteiger partial charge in [-0.3, -0.25) is 0 Å². The Morgan fingerprint density at radius 3 is 2.65 bits per heavy atom. The highest BCUT2D eigenvalue weighted by Gasteiger charge is 2.25. The topological polar surface area (TPSA) is 57.7 Å². The summed E-state index contributed by atoms with van der Waals surface area (Å²) in [5.74, 6) is 0.906. The van der Waals surface area contributed by atoms with Gasteiger partial charge in [0.1, 0.15) is 11.9 Å². The molecule has 1 aliphatic rings. The van der Waals surface area contributed by atoms with E-state index in [9.17, 15) is 0 Å². The lowest BCUT2D eigenvalue weighted by Gasteiger charge is -2.12. The van der Waals surface area contributed by atoms with Gasteiger partial charge in [-0.15, -0.1) is 0 Å². The Hall–Kier alpha value is -2.02. The first-order valence-electron chi connectivity index (χ1n) is 8.88. The molecule has 1 fully saturated rings. The van der Waals surface area contributed by atoms with Crippen LogP contribution in [0.5, 0.6) is 5.75 Å². The Labute approximate surface area is 159 Å². The average Bonchev–Trinajstić information content (AvgIpc) is 3.12. The van der Waals surface area contributed by atoms with Gasteiger partial charge in [-0.05, 0) is 49.4 Å². The van der Waals surface area contributed by atoms with Crippen LogP contribution in [0.15, 0.2) is 53.5 Å².